The Kier molecular flexibility index (Phi) is 2.57. The molecule has 1 rings (SSSR count). The van der Waals surface area contributed by atoms with Gasteiger partial charge >= 0.3 is 0 Å². The van der Waals surface area contributed by atoms with Crippen LogP contribution in [0.4, 0.5) is 0 Å². The molecule has 0 fully saturated rings. The predicted molar refractivity (Wildman–Crippen MR) is 55.3 cm³/mol. The van der Waals surface area contributed by atoms with Gasteiger partial charge in [0.1, 0.15) is 0 Å². The molecular formula is C10H16OSi. The normalized spacial score (nSPS) is 16.9. The summed E-state index contributed by atoms with van der Waals surface area (Å²) in [4.78, 5) is 0. The van der Waals surface area contributed by atoms with E-state index in [1.54, 1.807) is 0 Å². The quantitative estimate of drug-likeness (QED) is 0.479. The summed E-state index contributed by atoms with van der Waals surface area (Å²) in [5.41, 5.74) is 0. The third kappa shape index (κ3) is 2.70. The second-order valence-corrected chi connectivity index (χ2v) is 8.41. The number of hydrogen-bond donors (Lipinski definition) is 0. The van der Waals surface area contributed by atoms with Gasteiger partial charge in [-0.25, -0.2) is 0 Å². The Morgan fingerprint density at radius 3 is 2.17 bits per heavy atom. The van der Waals surface area contributed by atoms with Crippen LogP contribution in [0.5, 0.6) is 0 Å². The molecule has 0 heterocycles. The highest BCUT2D eigenvalue weighted by Crippen LogP contribution is 2.21. The molecule has 66 valence electrons. The molecule has 0 unspecified atom stereocenters. The zero-order chi connectivity index (χ0) is 9.19. The van der Waals surface area contributed by atoms with Gasteiger partial charge in [-0.1, -0.05) is 30.9 Å². The summed E-state index contributed by atoms with van der Waals surface area (Å²) < 4.78 is 5.76. The average molecular weight is 180 g/mol. The first-order valence-corrected chi connectivity index (χ1v) is 7.63. The predicted octanol–water partition coefficient (Wildman–Crippen LogP) is 3.09. The van der Waals surface area contributed by atoms with Crippen LogP contribution >= 0.6 is 0 Å². The number of allylic oxidation sites excluding steroid dienone is 3. The minimum Gasteiger partial charge on any atom is -0.547 e. The molecule has 1 aliphatic rings. The van der Waals surface area contributed by atoms with Crippen molar-refractivity contribution >= 4 is 8.32 Å². The van der Waals surface area contributed by atoms with Crippen LogP contribution < -0.4 is 0 Å². The Balaban J connectivity index is 2.49. The Morgan fingerprint density at radius 2 is 1.75 bits per heavy atom. The van der Waals surface area contributed by atoms with Crippen molar-refractivity contribution in [2.45, 2.75) is 19.6 Å². The highest BCUT2D eigenvalue weighted by Gasteiger charge is 2.19. The lowest BCUT2D eigenvalue weighted by Gasteiger charge is -2.23. The highest BCUT2D eigenvalue weighted by molar-refractivity contribution is 6.70. The maximum atomic E-state index is 5.76. The van der Waals surface area contributed by atoms with Crippen molar-refractivity contribution < 1.29 is 4.43 Å². The third-order valence-electron chi connectivity index (χ3n) is 1.56. The topological polar surface area (TPSA) is 9.23 Å². The van der Waals surface area contributed by atoms with Crippen molar-refractivity contribution in [2.24, 2.45) is 5.92 Å². The molecule has 0 aromatic rings. The van der Waals surface area contributed by atoms with Gasteiger partial charge in [-0.2, -0.15) is 0 Å². The fraction of sp³-hybridized carbons (Fsp3) is 0.400. The van der Waals surface area contributed by atoms with E-state index in [2.05, 4.69) is 38.4 Å². The van der Waals surface area contributed by atoms with E-state index in [-0.39, 0.29) is 0 Å². The van der Waals surface area contributed by atoms with Crippen molar-refractivity contribution in [3.05, 3.63) is 36.6 Å². The van der Waals surface area contributed by atoms with E-state index in [4.69, 9.17) is 4.43 Å². The van der Waals surface area contributed by atoms with E-state index >= 15 is 0 Å². The van der Waals surface area contributed by atoms with Crippen molar-refractivity contribution in [2.75, 3.05) is 0 Å². The van der Waals surface area contributed by atoms with Gasteiger partial charge in [0.25, 0.3) is 0 Å². The Hall–Kier alpha value is -0.763. The maximum Gasteiger partial charge on any atom is 0.241 e. The molecule has 0 bridgehead atoms. The second kappa shape index (κ2) is 3.31. The maximum absolute atomic E-state index is 5.76. The average Bonchev–Trinajstić information content (AvgIpc) is 2.32. The van der Waals surface area contributed by atoms with E-state index in [1.807, 2.05) is 12.2 Å². The molecule has 0 saturated heterocycles. The van der Waals surface area contributed by atoms with Crippen LogP contribution in [0.3, 0.4) is 0 Å². The number of rotatable bonds is 3. The van der Waals surface area contributed by atoms with Crippen LogP contribution in [0.15, 0.2) is 36.6 Å². The standard InChI is InChI=1S/C10H16OSi/c1-9(11-12(2,3)4)10-7-5-6-8-10/h5-8,10H,1H2,2-4H3. The molecule has 2 heteroatoms. The summed E-state index contributed by atoms with van der Waals surface area (Å²) in [6, 6.07) is 0. The monoisotopic (exact) mass is 180 g/mol. The molecule has 0 radical (unpaired) electrons. The van der Waals surface area contributed by atoms with E-state index in [9.17, 15) is 0 Å². The summed E-state index contributed by atoms with van der Waals surface area (Å²) in [6.07, 6.45) is 8.26. The third-order valence-corrected chi connectivity index (χ3v) is 2.43. The van der Waals surface area contributed by atoms with Crippen LogP contribution in [-0.4, -0.2) is 8.32 Å². The molecule has 0 saturated carbocycles. The molecule has 1 nitrogen and oxygen atoms in total. The molecule has 0 aliphatic heterocycles. The fourth-order valence-electron chi connectivity index (χ4n) is 1.11. The minimum absolute atomic E-state index is 0.303. The van der Waals surface area contributed by atoms with E-state index < -0.39 is 8.32 Å². The molecule has 0 spiro atoms. The molecule has 0 amide bonds. The Bertz CT molecular complexity index is 221. The van der Waals surface area contributed by atoms with Crippen LogP contribution in [-0.2, 0) is 4.43 Å². The smallest absolute Gasteiger partial charge is 0.241 e. The van der Waals surface area contributed by atoms with Gasteiger partial charge in [-0.05, 0) is 19.6 Å². The van der Waals surface area contributed by atoms with Crippen LogP contribution in [0, 0.1) is 5.92 Å². The zero-order valence-electron chi connectivity index (χ0n) is 8.00. The molecule has 12 heavy (non-hydrogen) atoms. The van der Waals surface area contributed by atoms with Gasteiger partial charge < -0.3 is 4.43 Å². The van der Waals surface area contributed by atoms with Gasteiger partial charge in [-0.15, -0.1) is 0 Å². The summed E-state index contributed by atoms with van der Waals surface area (Å²) in [5, 5.41) is 0. The minimum atomic E-state index is -1.46. The lowest BCUT2D eigenvalue weighted by molar-refractivity contribution is 0.392. The first kappa shape index (κ1) is 9.33. The molecule has 1 aliphatic carbocycles. The fourth-order valence-corrected chi connectivity index (χ4v) is 2.03. The van der Waals surface area contributed by atoms with Crippen molar-refractivity contribution in [3.63, 3.8) is 0 Å². The second-order valence-electron chi connectivity index (χ2n) is 3.98. The first-order chi connectivity index (χ1) is 5.49. The van der Waals surface area contributed by atoms with Crippen LogP contribution in [0.1, 0.15) is 0 Å². The summed E-state index contributed by atoms with van der Waals surface area (Å²) >= 11 is 0. The van der Waals surface area contributed by atoms with Crippen LogP contribution in [0.25, 0.3) is 0 Å². The van der Waals surface area contributed by atoms with Crippen molar-refractivity contribution in [1.82, 2.24) is 0 Å². The van der Waals surface area contributed by atoms with Gasteiger partial charge in [0, 0.05) is 0 Å². The lowest BCUT2D eigenvalue weighted by Crippen LogP contribution is -2.26. The summed E-state index contributed by atoms with van der Waals surface area (Å²) in [7, 11) is -1.46. The van der Waals surface area contributed by atoms with Crippen LogP contribution in [0.2, 0.25) is 19.6 Å². The zero-order valence-corrected chi connectivity index (χ0v) is 9.00. The lowest BCUT2D eigenvalue weighted by atomic mass is 10.1. The molecule has 0 atom stereocenters. The van der Waals surface area contributed by atoms with Gasteiger partial charge in [0.15, 0.2) is 0 Å². The van der Waals surface area contributed by atoms with Crippen molar-refractivity contribution in [1.29, 1.82) is 0 Å². The van der Waals surface area contributed by atoms with E-state index in [1.165, 1.54) is 0 Å². The van der Waals surface area contributed by atoms with Gasteiger partial charge in [-0.3, -0.25) is 0 Å². The summed E-state index contributed by atoms with van der Waals surface area (Å²) in [5.74, 6) is 1.19. The molecular weight excluding hydrogens is 164 g/mol. The van der Waals surface area contributed by atoms with Gasteiger partial charge in [0.2, 0.25) is 8.32 Å². The number of hydrogen-bond acceptors (Lipinski definition) is 1. The largest absolute Gasteiger partial charge is 0.547 e. The van der Waals surface area contributed by atoms with E-state index in [0.29, 0.717) is 5.92 Å². The highest BCUT2D eigenvalue weighted by atomic mass is 28.4. The molecule has 0 aromatic heterocycles. The van der Waals surface area contributed by atoms with E-state index in [0.717, 1.165) is 5.76 Å². The molecule has 0 N–H and O–H groups in total. The Labute approximate surface area is 75.6 Å². The SMILES string of the molecule is C=C(O[Si](C)(C)C)C1C=CC=C1. The van der Waals surface area contributed by atoms with Crippen molar-refractivity contribution in [3.8, 4) is 0 Å². The molecule has 0 aromatic carbocycles. The summed E-state index contributed by atoms with van der Waals surface area (Å²) in [6.45, 7) is 10.4. The Morgan fingerprint density at radius 1 is 1.25 bits per heavy atom. The van der Waals surface area contributed by atoms with Gasteiger partial charge in [0.05, 0.1) is 11.7 Å². The first-order valence-electron chi connectivity index (χ1n) is 4.22.